The number of alkyl halides is 3. The number of halogens is 3. The first kappa shape index (κ1) is 17.9. The van der Waals surface area contributed by atoms with Crippen LogP contribution in [-0.4, -0.2) is 68.1 Å². The minimum atomic E-state index is -4.60. The summed E-state index contributed by atoms with van der Waals surface area (Å²) < 4.78 is 49.0. The molecule has 0 spiro atoms. The zero-order chi connectivity index (χ0) is 17.5. The standard InChI is InChI=1S/C16H25F3N2O3/c1-15(2)9-20-12(15)10-3-5-21(6-4-10)14(22)11-13(16(17,18)19)24-8-7-23-11/h10-13,20H,3-9H2,1-2H3/t11-,12?,13+/m1/s1. The van der Waals surface area contributed by atoms with Crippen LogP contribution in [-0.2, 0) is 14.3 Å². The largest absolute Gasteiger partial charge is 0.417 e. The van der Waals surface area contributed by atoms with Crippen LogP contribution in [0.5, 0.6) is 0 Å². The molecule has 0 aromatic carbocycles. The summed E-state index contributed by atoms with van der Waals surface area (Å²) in [6.45, 7) is 6.24. The lowest BCUT2D eigenvalue weighted by atomic mass is 9.68. The first-order valence-corrected chi connectivity index (χ1v) is 8.52. The zero-order valence-corrected chi connectivity index (χ0v) is 14.1. The van der Waals surface area contributed by atoms with E-state index in [9.17, 15) is 18.0 Å². The van der Waals surface area contributed by atoms with Crippen LogP contribution in [0.2, 0.25) is 0 Å². The van der Waals surface area contributed by atoms with Crippen LogP contribution < -0.4 is 5.32 Å². The van der Waals surface area contributed by atoms with Gasteiger partial charge >= 0.3 is 6.18 Å². The van der Waals surface area contributed by atoms with Gasteiger partial charge in [-0.15, -0.1) is 0 Å². The lowest BCUT2D eigenvalue weighted by molar-refractivity contribution is -0.274. The molecule has 0 aromatic heterocycles. The van der Waals surface area contributed by atoms with Crippen molar-refractivity contribution < 1.29 is 27.4 Å². The van der Waals surface area contributed by atoms with Gasteiger partial charge < -0.3 is 19.7 Å². The maximum Gasteiger partial charge on any atom is 0.417 e. The fourth-order valence-electron chi connectivity index (χ4n) is 4.06. The van der Waals surface area contributed by atoms with Gasteiger partial charge in [0, 0.05) is 25.7 Å². The van der Waals surface area contributed by atoms with Gasteiger partial charge in [-0.1, -0.05) is 13.8 Å². The van der Waals surface area contributed by atoms with Crippen LogP contribution in [0.25, 0.3) is 0 Å². The molecule has 3 fully saturated rings. The lowest BCUT2D eigenvalue weighted by Crippen LogP contribution is -2.64. The summed E-state index contributed by atoms with van der Waals surface area (Å²) >= 11 is 0. The minimum Gasteiger partial charge on any atom is -0.363 e. The van der Waals surface area contributed by atoms with E-state index in [-0.39, 0.29) is 18.6 Å². The molecule has 0 radical (unpaired) electrons. The van der Waals surface area contributed by atoms with Crippen LogP contribution in [0.4, 0.5) is 13.2 Å². The summed E-state index contributed by atoms with van der Waals surface area (Å²) in [6.07, 6.45) is -6.73. The number of carbonyl (C=O) groups excluding carboxylic acids is 1. The van der Waals surface area contributed by atoms with Crippen molar-refractivity contribution in [3.63, 3.8) is 0 Å². The van der Waals surface area contributed by atoms with E-state index in [0.29, 0.717) is 25.0 Å². The number of nitrogens with one attached hydrogen (secondary N) is 1. The topological polar surface area (TPSA) is 50.8 Å². The van der Waals surface area contributed by atoms with Crippen molar-refractivity contribution in [1.82, 2.24) is 10.2 Å². The van der Waals surface area contributed by atoms with Crippen molar-refractivity contribution >= 4 is 5.91 Å². The van der Waals surface area contributed by atoms with Crippen LogP contribution in [0, 0.1) is 11.3 Å². The van der Waals surface area contributed by atoms with E-state index >= 15 is 0 Å². The van der Waals surface area contributed by atoms with Crippen LogP contribution >= 0.6 is 0 Å². The van der Waals surface area contributed by atoms with E-state index < -0.39 is 24.3 Å². The van der Waals surface area contributed by atoms with E-state index in [2.05, 4.69) is 19.2 Å². The second-order valence-electron chi connectivity index (χ2n) is 7.63. The number of ether oxygens (including phenoxy) is 2. The third-order valence-corrected chi connectivity index (χ3v) is 5.46. The summed E-state index contributed by atoms with van der Waals surface area (Å²) in [6, 6.07) is 0.423. The highest BCUT2D eigenvalue weighted by Crippen LogP contribution is 2.38. The molecule has 1 unspecified atom stereocenters. The second kappa shape index (κ2) is 6.46. The van der Waals surface area contributed by atoms with Crippen LogP contribution in [0.3, 0.4) is 0 Å². The monoisotopic (exact) mass is 350 g/mol. The average Bonchev–Trinajstić information content (AvgIpc) is 2.53. The normalized spacial score (nSPS) is 34.7. The second-order valence-corrected chi connectivity index (χ2v) is 7.63. The van der Waals surface area contributed by atoms with Gasteiger partial charge in [0.15, 0.2) is 12.2 Å². The molecule has 3 rings (SSSR count). The van der Waals surface area contributed by atoms with E-state index in [0.717, 1.165) is 19.4 Å². The van der Waals surface area contributed by atoms with Crippen molar-refractivity contribution in [2.75, 3.05) is 32.8 Å². The molecule has 1 amide bonds. The Morgan fingerprint density at radius 3 is 2.29 bits per heavy atom. The van der Waals surface area contributed by atoms with E-state index in [4.69, 9.17) is 9.47 Å². The highest BCUT2D eigenvalue weighted by molar-refractivity contribution is 5.82. The molecule has 0 saturated carbocycles. The number of amides is 1. The molecule has 3 heterocycles. The van der Waals surface area contributed by atoms with E-state index in [1.165, 1.54) is 4.90 Å². The molecule has 3 saturated heterocycles. The van der Waals surface area contributed by atoms with Gasteiger partial charge in [-0.05, 0) is 24.2 Å². The molecule has 138 valence electrons. The van der Waals surface area contributed by atoms with Crippen molar-refractivity contribution in [3.8, 4) is 0 Å². The predicted molar refractivity (Wildman–Crippen MR) is 80.4 cm³/mol. The van der Waals surface area contributed by atoms with Gasteiger partial charge in [-0.2, -0.15) is 13.2 Å². The Balaban J connectivity index is 1.58. The lowest BCUT2D eigenvalue weighted by Gasteiger charge is -2.52. The van der Waals surface area contributed by atoms with Crippen molar-refractivity contribution in [1.29, 1.82) is 0 Å². The minimum absolute atomic E-state index is 0.0135. The molecule has 24 heavy (non-hydrogen) atoms. The summed E-state index contributed by atoms with van der Waals surface area (Å²) in [5, 5.41) is 3.44. The molecule has 5 nitrogen and oxygen atoms in total. The van der Waals surface area contributed by atoms with Crippen molar-refractivity contribution in [2.45, 2.75) is 51.1 Å². The molecule has 3 atom stereocenters. The van der Waals surface area contributed by atoms with E-state index in [1.54, 1.807) is 0 Å². The smallest absolute Gasteiger partial charge is 0.363 e. The van der Waals surface area contributed by atoms with Gasteiger partial charge in [-0.3, -0.25) is 4.79 Å². The Labute approximate surface area is 139 Å². The summed E-state index contributed by atoms with van der Waals surface area (Å²) in [7, 11) is 0. The molecular weight excluding hydrogens is 325 g/mol. The van der Waals surface area contributed by atoms with Gasteiger partial charge in [0.05, 0.1) is 13.2 Å². The Kier molecular flexibility index (Phi) is 4.83. The number of nitrogens with zero attached hydrogens (tertiary/aromatic N) is 1. The Bertz CT molecular complexity index is 476. The number of piperidine rings is 1. The van der Waals surface area contributed by atoms with Gasteiger partial charge in [0.2, 0.25) is 0 Å². The zero-order valence-electron chi connectivity index (χ0n) is 14.1. The third kappa shape index (κ3) is 3.41. The Morgan fingerprint density at radius 1 is 1.17 bits per heavy atom. The van der Waals surface area contributed by atoms with Crippen LogP contribution in [0.1, 0.15) is 26.7 Å². The number of carbonyl (C=O) groups is 1. The molecule has 3 aliphatic rings. The molecule has 0 aliphatic carbocycles. The first-order chi connectivity index (χ1) is 11.2. The average molecular weight is 350 g/mol. The molecule has 0 bridgehead atoms. The highest BCUT2D eigenvalue weighted by atomic mass is 19.4. The fraction of sp³-hybridized carbons (Fsp3) is 0.938. The fourth-order valence-corrected chi connectivity index (χ4v) is 4.06. The predicted octanol–water partition coefficient (Wildman–Crippen LogP) is 1.57. The van der Waals surface area contributed by atoms with E-state index in [1.807, 2.05) is 0 Å². The summed E-state index contributed by atoms with van der Waals surface area (Å²) in [5.41, 5.74) is 0.249. The van der Waals surface area contributed by atoms with Crippen LogP contribution in [0.15, 0.2) is 0 Å². The summed E-state index contributed by atoms with van der Waals surface area (Å²) in [4.78, 5) is 14.0. The molecule has 0 aromatic rings. The van der Waals surface area contributed by atoms with Crippen molar-refractivity contribution in [3.05, 3.63) is 0 Å². The molecular formula is C16H25F3N2O3. The molecule has 8 heteroatoms. The third-order valence-electron chi connectivity index (χ3n) is 5.46. The van der Waals surface area contributed by atoms with Gasteiger partial charge in [0.25, 0.3) is 5.91 Å². The SMILES string of the molecule is CC1(C)CNC1C1CCN(C(=O)[C@@H]2OCCO[C@@H]2C(F)(F)F)CC1. The quantitative estimate of drug-likeness (QED) is 0.821. The molecule has 3 aliphatic heterocycles. The summed E-state index contributed by atoms with van der Waals surface area (Å²) in [5.74, 6) is -0.143. The Hall–Kier alpha value is -0.860. The first-order valence-electron chi connectivity index (χ1n) is 8.52. The van der Waals surface area contributed by atoms with Gasteiger partial charge in [-0.25, -0.2) is 0 Å². The highest BCUT2D eigenvalue weighted by Gasteiger charge is 2.52. The maximum atomic E-state index is 13.0. The number of hydrogen-bond donors (Lipinski definition) is 1. The number of hydrogen-bond acceptors (Lipinski definition) is 4. The van der Waals surface area contributed by atoms with Crippen molar-refractivity contribution in [2.24, 2.45) is 11.3 Å². The maximum absolute atomic E-state index is 13.0. The Morgan fingerprint density at radius 2 is 1.79 bits per heavy atom. The molecule has 1 N–H and O–H groups in total. The number of rotatable bonds is 2. The van der Waals surface area contributed by atoms with Gasteiger partial charge in [0.1, 0.15) is 0 Å². The number of likely N-dealkylation sites (tertiary alicyclic amines) is 1.